The van der Waals surface area contributed by atoms with Crippen LogP contribution in [0.3, 0.4) is 0 Å². The number of fused-ring (bicyclic) bond motifs is 1. The van der Waals surface area contributed by atoms with Crippen LogP contribution in [0.1, 0.15) is 54.6 Å². The molecule has 0 bridgehead atoms. The Morgan fingerprint density at radius 2 is 2.11 bits per heavy atom. The zero-order chi connectivity index (χ0) is 24.6. The minimum Gasteiger partial charge on any atom is -0.395 e. The maximum atomic E-state index is 13.5. The number of hydrogen-bond acceptors (Lipinski definition) is 8. The highest BCUT2D eigenvalue weighted by Crippen LogP contribution is 2.44. The molecule has 2 N–H and O–H groups in total. The molecule has 1 fully saturated rings. The fourth-order valence-corrected chi connectivity index (χ4v) is 8.87. The number of sulfonamides is 1. The van der Waals surface area contributed by atoms with Crippen LogP contribution in [-0.4, -0.2) is 48.6 Å². The van der Waals surface area contributed by atoms with Crippen LogP contribution in [0.5, 0.6) is 0 Å². The first-order valence-electron chi connectivity index (χ1n) is 12.1. The number of aliphatic hydroxyl groups excluding tert-OH is 1. The predicted octanol–water partition coefficient (Wildman–Crippen LogP) is 4.86. The Hall–Kier alpha value is -1.98. The first-order chi connectivity index (χ1) is 16.9. The number of rotatable bonds is 8. The molecular weight excluding hydrogens is 501 g/mol. The van der Waals surface area contributed by atoms with Crippen molar-refractivity contribution in [3.05, 3.63) is 57.4 Å². The van der Waals surface area contributed by atoms with Gasteiger partial charge in [0.2, 0.25) is 0 Å². The summed E-state index contributed by atoms with van der Waals surface area (Å²) in [5, 5.41) is 16.1. The number of likely N-dealkylation sites (tertiary alicyclic amines) is 1. The van der Waals surface area contributed by atoms with Crippen molar-refractivity contribution in [2.45, 2.75) is 68.4 Å². The molecule has 0 spiro atoms. The number of thiazole rings is 1. The Balaban J connectivity index is 1.38. The molecule has 0 amide bonds. The molecule has 2 aliphatic rings. The van der Waals surface area contributed by atoms with Gasteiger partial charge in [-0.25, -0.2) is 13.4 Å². The van der Waals surface area contributed by atoms with Gasteiger partial charge in [0.15, 0.2) is 0 Å². The zero-order valence-electron chi connectivity index (χ0n) is 20.1. The fraction of sp³-hybridized carbons (Fsp3) is 0.480. The smallest absolute Gasteiger partial charge is 0.274 e. The number of hydrogen-bond donors (Lipinski definition) is 2. The highest BCUT2D eigenvalue weighted by atomic mass is 32.2. The number of para-hydroxylation sites is 1. The minimum absolute atomic E-state index is 0.0124. The van der Waals surface area contributed by atoms with E-state index in [1.807, 2.05) is 32.2 Å². The van der Waals surface area contributed by atoms with Gasteiger partial charge < -0.3 is 10.4 Å². The van der Waals surface area contributed by atoms with Crippen LogP contribution in [-0.2, 0) is 23.0 Å². The number of nitrogens with one attached hydrogen (secondary N) is 1. The summed E-state index contributed by atoms with van der Waals surface area (Å²) in [6.45, 7) is 5.84. The van der Waals surface area contributed by atoms with Crippen molar-refractivity contribution in [3.8, 4) is 0 Å². The van der Waals surface area contributed by atoms with Crippen molar-refractivity contribution in [2.75, 3.05) is 22.8 Å². The van der Waals surface area contributed by atoms with E-state index in [1.54, 1.807) is 28.8 Å². The summed E-state index contributed by atoms with van der Waals surface area (Å²) < 4.78 is 28.9. The van der Waals surface area contributed by atoms with Crippen LogP contribution in [0.15, 0.2) is 46.1 Å². The summed E-state index contributed by atoms with van der Waals surface area (Å²) in [6, 6.07) is 9.34. The molecule has 2 aliphatic heterocycles. The normalized spacial score (nSPS) is 20.7. The van der Waals surface area contributed by atoms with Gasteiger partial charge in [0.25, 0.3) is 10.0 Å². The minimum atomic E-state index is -3.66. The van der Waals surface area contributed by atoms with Crippen molar-refractivity contribution in [3.63, 3.8) is 0 Å². The average Bonchev–Trinajstić information content (AvgIpc) is 3.60. The van der Waals surface area contributed by atoms with Crippen molar-refractivity contribution < 1.29 is 13.5 Å². The van der Waals surface area contributed by atoms with E-state index in [2.05, 4.69) is 16.3 Å². The molecule has 188 valence electrons. The lowest BCUT2D eigenvalue weighted by Crippen LogP contribution is -2.40. The van der Waals surface area contributed by atoms with Crippen LogP contribution in [0.4, 0.5) is 11.4 Å². The lowest BCUT2D eigenvalue weighted by atomic mass is 10.0. The van der Waals surface area contributed by atoms with E-state index in [0.717, 1.165) is 42.2 Å². The van der Waals surface area contributed by atoms with Crippen LogP contribution < -0.4 is 9.62 Å². The first-order valence-corrected chi connectivity index (χ1v) is 15.3. The predicted molar refractivity (Wildman–Crippen MR) is 143 cm³/mol. The van der Waals surface area contributed by atoms with Crippen LogP contribution in [0.2, 0.25) is 0 Å². The van der Waals surface area contributed by atoms with E-state index >= 15 is 0 Å². The first kappa shape index (κ1) is 24.7. The Labute approximate surface area is 215 Å². The van der Waals surface area contributed by atoms with E-state index in [4.69, 9.17) is 4.98 Å². The van der Waals surface area contributed by atoms with Gasteiger partial charge in [0.1, 0.15) is 9.22 Å². The molecule has 1 saturated heterocycles. The van der Waals surface area contributed by atoms with Gasteiger partial charge in [-0.2, -0.15) is 0 Å². The third-order valence-corrected chi connectivity index (χ3v) is 11.2. The van der Waals surface area contributed by atoms with Gasteiger partial charge in [-0.1, -0.05) is 24.6 Å². The summed E-state index contributed by atoms with van der Waals surface area (Å²) in [7, 11) is -3.66. The third kappa shape index (κ3) is 4.86. The maximum absolute atomic E-state index is 13.5. The largest absolute Gasteiger partial charge is 0.395 e. The van der Waals surface area contributed by atoms with E-state index in [-0.39, 0.29) is 24.7 Å². The lowest BCUT2D eigenvalue weighted by molar-refractivity contribution is 0.0849. The Morgan fingerprint density at radius 3 is 2.86 bits per heavy atom. The van der Waals surface area contributed by atoms with E-state index in [9.17, 15) is 13.5 Å². The molecule has 0 saturated carbocycles. The molecule has 10 heteroatoms. The molecule has 3 aromatic rings. The molecule has 5 rings (SSSR count). The Bertz CT molecular complexity index is 1260. The molecule has 1 aromatic carbocycles. The molecule has 2 unspecified atom stereocenters. The van der Waals surface area contributed by atoms with Gasteiger partial charge >= 0.3 is 0 Å². The van der Waals surface area contributed by atoms with Crippen molar-refractivity contribution in [1.29, 1.82) is 0 Å². The number of thiophene rings is 1. The fourth-order valence-electron chi connectivity index (χ4n) is 5.13. The molecule has 35 heavy (non-hydrogen) atoms. The van der Waals surface area contributed by atoms with Crippen molar-refractivity contribution in [1.82, 2.24) is 9.88 Å². The van der Waals surface area contributed by atoms with Crippen LogP contribution >= 0.6 is 22.7 Å². The van der Waals surface area contributed by atoms with E-state index in [1.165, 1.54) is 33.4 Å². The summed E-state index contributed by atoms with van der Waals surface area (Å²) in [5.74, 6) is 0. The topological polar surface area (TPSA) is 85.8 Å². The van der Waals surface area contributed by atoms with Gasteiger partial charge in [0, 0.05) is 36.1 Å². The number of benzene rings is 1. The molecule has 2 atom stereocenters. The molecular formula is C25H32N4O3S3. The summed E-state index contributed by atoms with van der Waals surface area (Å²) in [5.41, 5.74) is 2.66. The molecule has 0 aliphatic carbocycles. The molecule has 0 radical (unpaired) electrons. The van der Waals surface area contributed by atoms with E-state index in [0.29, 0.717) is 9.90 Å². The van der Waals surface area contributed by atoms with Gasteiger partial charge in [-0.15, -0.1) is 22.7 Å². The quantitative estimate of drug-likeness (QED) is 0.431. The number of nitrogens with zero attached hydrogens (tertiary/aromatic N) is 3. The standard InChI is InChI=1S/C25H32N4O3S3/c1-17(2)29(35(31,32)23-10-6-12-33-23)22-9-5-7-18-13-21(27-24(18)22)25-26-14-20(34-25)15-28-11-4-3-8-19(28)16-30/h5-7,9-10,12,14,17,19,21,27,30H,3-4,8,11,13,15-16H2,1-2H3. The maximum Gasteiger partial charge on any atom is 0.274 e. The monoisotopic (exact) mass is 532 g/mol. The number of aromatic nitrogens is 1. The van der Waals surface area contributed by atoms with Crippen LogP contribution in [0.25, 0.3) is 0 Å². The van der Waals surface area contributed by atoms with Crippen LogP contribution in [0, 0.1) is 0 Å². The van der Waals surface area contributed by atoms with Gasteiger partial charge in [-0.3, -0.25) is 9.21 Å². The molecule has 7 nitrogen and oxygen atoms in total. The average molecular weight is 533 g/mol. The molecule has 2 aromatic heterocycles. The highest BCUT2D eigenvalue weighted by Gasteiger charge is 2.34. The summed E-state index contributed by atoms with van der Waals surface area (Å²) in [6.07, 6.45) is 6.12. The summed E-state index contributed by atoms with van der Waals surface area (Å²) in [4.78, 5) is 8.30. The second kappa shape index (κ2) is 10.2. The Morgan fingerprint density at radius 1 is 1.26 bits per heavy atom. The second-order valence-electron chi connectivity index (χ2n) is 9.51. The SMILES string of the molecule is CC(C)N(c1cccc2c1NC(c1ncc(CN3CCCCC3CO)s1)C2)S(=O)(=O)c1cccs1. The second-order valence-corrected chi connectivity index (χ2v) is 13.6. The lowest BCUT2D eigenvalue weighted by Gasteiger charge is -2.34. The number of piperidine rings is 1. The number of anilines is 2. The van der Waals surface area contributed by atoms with Crippen molar-refractivity contribution >= 4 is 44.1 Å². The molecule has 4 heterocycles. The zero-order valence-corrected chi connectivity index (χ0v) is 22.5. The van der Waals surface area contributed by atoms with Gasteiger partial charge in [-0.05, 0) is 56.3 Å². The number of aliphatic hydroxyl groups is 1. The Kier molecular flexibility index (Phi) is 7.18. The van der Waals surface area contributed by atoms with E-state index < -0.39 is 10.0 Å². The van der Waals surface area contributed by atoms with Gasteiger partial charge in [0.05, 0.1) is 24.0 Å². The summed E-state index contributed by atoms with van der Waals surface area (Å²) >= 11 is 2.95. The highest BCUT2D eigenvalue weighted by molar-refractivity contribution is 7.94. The third-order valence-electron chi connectivity index (χ3n) is 6.77. The van der Waals surface area contributed by atoms with Crippen molar-refractivity contribution in [2.24, 2.45) is 0 Å².